The third-order valence-electron chi connectivity index (χ3n) is 4.67. The Kier molecular flexibility index (Phi) is 3.46. The average molecular weight is 305 g/mol. The highest BCUT2D eigenvalue weighted by Gasteiger charge is 2.24. The van der Waals surface area contributed by atoms with Crippen molar-refractivity contribution < 1.29 is 4.79 Å². The van der Waals surface area contributed by atoms with Crippen molar-refractivity contribution in [1.29, 1.82) is 0 Å². The minimum atomic E-state index is 0.0614. The van der Waals surface area contributed by atoms with E-state index in [1.165, 1.54) is 0 Å². The van der Waals surface area contributed by atoms with Crippen molar-refractivity contribution in [2.45, 2.75) is 18.9 Å². The number of amides is 1. The number of nitrogens with zero attached hydrogens (tertiary/aromatic N) is 2. The SMILES string of the molecule is NC1CCN(C(=O)c2cc3ccccc3c3cccnc23)CC1. The van der Waals surface area contributed by atoms with Crippen molar-refractivity contribution in [3.05, 3.63) is 54.2 Å². The summed E-state index contributed by atoms with van der Waals surface area (Å²) in [6.07, 6.45) is 3.48. The van der Waals surface area contributed by atoms with Crippen LogP contribution in [0.25, 0.3) is 21.7 Å². The Hall–Kier alpha value is -2.46. The van der Waals surface area contributed by atoms with Gasteiger partial charge in [0.05, 0.1) is 11.1 Å². The van der Waals surface area contributed by atoms with E-state index < -0.39 is 0 Å². The number of aromatic nitrogens is 1. The summed E-state index contributed by atoms with van der Waals surface area (Å²) in [5.74, 6) is 0.0614. The Labute approximate surface area is 134 Å². The Balaban J connectivity index is 1.86. The number of hydrogen-bond donors (Lipinski definition) is 1. The van der Waals surface area contributed by atoms with E-state index >= 15 is 0 Å². The van der Waals surface area contributed by atoms with Crippen molar-refractivity contribution in [2.75, 3.05) is 13.1 Å². The molecule has 0 spiro atoms. The van der Waals surface area contributed by atoms with Gasteiger partial charge in [0, 0.05) is 30.7 Å². The third-order valence-corrected chi connectivity index (χ3v) is 4.67. The number of benzene rings is 2. The highest BCUT2D eigenvalue weighted by atomic mass is 16.2. The van der Waals surface area contributed by atoms with Crippen molar-refractivity contribution in [2.24, 2.45) is 5.73 Å². The van der Waals surface area contributed by atoms with Crippen molar-refractivity contribution in [3.8, 4) is 0 Å². The molecule has 4 rings (SSSR count). The minimum Gasteiger partial charge on any atom is -0.338 e. The maximum atomic E-state index is 13.0. The maximum Gasteiger partial charge on any atom is 0.256 e. The van der Waals surface area contributed by atoms with Crippen LogP contribution in [0.5, 0.6) is 0 Å². The fraction of sp³-hybridized carbons (Fsp3) is 0.263. The topological polar surface area (TPSA) is 59.2 Å². The van der Waals surface area contributed by atoms with Crippen molar-refractivity contribution in [3.63, 3.8) is 0 Å². The van der Waals surface area contributed by atoms with Crippen LogP contribution >= 0.6 is 0 Å². The summed E-state index contributed by atoms with van der Waals surface area (Å²) in [5.41, 5.74) is 7.42. The van der Waals surface area contributed by atoms with Gasteiger partial charge in [-0.2, -0.15) is 0 Å². The standard InChI is InChI=1S/C19H19N3O/c20-14-7-10-22(11-8-14)19(23)17-12-13-4-1-2-5-15(13)16-6-3-9-21-18(16)17/h1-6,9,12,14H,7-8,10-11,20H2. The van der Waals surface area contributed by atoms with Crippen LogP contribution in [0.3, 0.4) is 0 Å². The summed E-state index contributed by atoms with van der Waals surface area (Å²) < 4.78 is 0. The van der Waals surface area contributed by atoms with Gasteiger partial charge in [0.1, 0.15) is 0 Å². The lowest BCUT2D eigenvalue weighted by Crippen LogP contribution is -2.42. The molecular formula is C19H19N3O. The van der Waals surface area contributed by atoms with Gasteiger partial charge >= 0.3 is 0 Å². The molecule has 1 aliphatic rings. The van der Waals surface area contributed by atoms with E-state index in [1.807, 2.05) is 41.3 Å². The molecule has 2 aromatic carbocycles. The van der Waals surface area contributed by atoms with Crippen LogP contribution in [0.4, 0.5) is 0 Å². The molecule has 1 aliphatic heterocycles. The molecule has 1 amide bonds. The molecule has 4 nitrogen and oxygen atoms in total. The highest BCUT2D eigenvalue weighted by Crippen LogP contribution is 2.28. The average Bonchev–Trinajstić information content (AvgIpc) is 2.61. The second kappa shape index (κ2) is 5.63. The first-order chi connectivity index (χ1) is 11.2. The van der Waals surface area contributed by atoms with Gasteiger partial charge in [0.25, 0.3) is 5.91 Å². The molecular weight excluding hydrogens is 286 g/mol. The Morgan fingerprint density at radius 2 is 1.83 bits per heavy atom. The van der Waals surface area contributed by atoms with Gasteiger partial charge in [0.15, 0.2) is 0 Å². The minimum absolute atomic E-state index is 0.0614. The summed E-state index contributed by atoms with van der Waals surface area (Å²) in [7, 11) is 0. The summed E-state index contributed by atoms with van der Waals surface area (Å²) in [6, 6.07) is 14.3. The van der Waals surface area contributed by atoms with Gasteiger partial charge in [0.2, 0.25) is 0 Å². The molecule has 0 radical (unpaired) electrons. The molecule has 1 fully saturated rings. The molecule has 1 saturated heterocycles. The van der Waals surface area contributed by atoms with E-state index in [9.17, 15) is 4.79 Å². The molecule has 1 aromatic heterocycles. The zero-order chi connectivity index (χ0) is 15.8. The first kappa shape index (κ1) is 14.2. The number of fused-ring (bicyclic) bond motifs is 3. The zero-order valence-electron chi connectivity index (χ0n) is 12.9. The molecule has 0 bridgehead atoms. The first-order valence-electron chi connectivity index (χ1n) is 8.05. The number of nitrogens with two attached hydrogens (primary N) is 1. The molecule has 2 heterocycles. The smallest absolute Gasteiger partial charge is 0.256 e. The molecule has 0 saturated carbocycles. The van der Waals surface area contributed by atoms with E-state index in [4.69, 9.17) is 5.73 Å². The van der Waals surface area contributed by atoms with Gasteiger partial charge in [-0.15, -0.1) is 0 Å². The number of carbonyl (C=O) groups excluding carboxylic acids is 1. The monoisotopic (exact) mass is 305 g/mol. The van der Waals surface area contributed by atoms with Gasteiger partial charge in [-0.3, -0.25) is 9.78 Å². The molecule has 0 unspecified atom stereocenters. The predicted octanol–water partition coefficient (Wildman–Crippen LogP) is 2.95. The van der Waals surface area contributed by atoms with Gasteiger partial charge < -0.3 is 10.6 Å². The normalized spacial score (nSPS) is 16.1. The molecule has 116 valence electrons. The molecule has 0 aliphatic carbocycles. The summed E-state index contributed by atoms with van der Waals surface area (Å²) in [4.78, 5) is 19.4. The van der Waals surface area contributed by atoms with Crippen LogP contribution in [-0.4, -0.2) is 34.9 Å². The summed E-state index contributed by atoms with van der Waals surface area (Å²) in [5, 5.41) is 3.24. The fourth-order valence-electron chi connectivity index (χ4n) is 3.37. The number of carbonyl (C=O) groups is 1. The number of hydrogen-bond acceptors (Lipinski definition) is 3. The molecule has 4 heteroatoms. The van der Waals surface area contributed by atoms with Crippen LogP contribution < -0.4 is 5.73 Å². The lowest BCUT2D eigenvalue weighted by molar-refractivity contribution is 0.0716. The molecule has 23 heavy (non-hydrogen) atoms. The molecule has 3 aromatic rings. The Morgan fingerprint density at radius 3 is 2.65 bits per heavy atom. The van der Waals surface area contributed by atoms with Crippen LogP contribution in [0, 0.1) is 0 Å². The summed E-state index contributed by atoms with van der Waals surface area (Å²) in [6.45, 7) is 1.45. The van der Waals surface area contributed by atoms with Crippen molar-refractivity contribution in [1.82, 2.24) is 9.88 Å². The van der Waals surface area contributed by atoms with E-state index in [1.54, 1.807) is 6.20 Å². The van der Waals surface area contributed by atoms with Crippen molar-refractivity contribution >= 4 is 27.6 Å². The number of rotatable bonds is 1. The zero-order valence-corrected chi connectivity index (χ0v) is 12.9. The number of piperidine rings is 1. The number of pyridine rings is 1. The fourth-order valence-corrected chi connectivity index (χ4v) is 3.37. The first-order valence-corrected chi connectivity index (χ1v) is 8.05. The van der Waals surface area contributed by atoms with Crippen LogP contribution in [-0.2, 0) is 0 Å². The second-order valence-electron chi connectivity index (χ2n) is 6.17. The van der Waals surface area contributed by atoms with Crippen LogP contribution in [0.15, 0.2) is 48.7 Å². The maximum absolute atomic E-state index is 13.0. The highest BCUT2D eigenvalue weighted by molar-refractivity contribution is 6.15. The third kappa shape index (κ3) is 2.45. The Morgan fingerprint density at radius 1 is 1.09 bits per heavy atom. The van der Waals surface area contributed by atoms with E-state index in [0.717, 1.165) is 47.6 Å². The second-order valence-corrected chi connectivity index (χ2v) is 6.17. The molecule has 2 N–H and O–H groups in total. The van der Waals surface area contributed by atoms with E-state index in [0.29, 0.717) is 5.56 Å². The summed E-state index contributed by atoms with van der Waals surface area (Å²) >= 11 is 0. The Bertz CT molecular complexity index is 882. The van der Waals surface area contributed by atoms with Gasteiger partial charge in [-0.05, 0) is 35.7 Å². The largest absolute Gasteiger partial charge is 0.338 e. The lowest BCUT2D eigenvalue weighted by Gasteiger charge is -2.30. The number of likely N-dealkylation sites (tertiary alicyclic amines) is 1. The van der Waals surface area contributed by atoms with E-state index in [2.05, 4.69) is 11.1 Å². The van der Waals surface area contributed by atoms with Gasteiger partial charge in [-0.25, -0.2) is 0 Å². The lowest BCUT2D eigenvalue weighted by atomic mass is 9.99. The van der Waals surface area contributed by atoms with E-state index in [-0.39, 0.29) is 11.9 Å². The molecule has 0 atom stereocenters. The van der Waals surface area contributed by atoms with Crippen LogP contribution in [0.1, 0.15) is 23.2 Å². The quantitative estimate of drug-likeness (QED) is 0.703. The predicted molar refractivity (Wildman–Crippen MR) is 92.4 cm³/mol. The van der Waals surface area contributed by atoms with Gasteiger partial charge in [-0.1, -0.05) is 30.3 Å². The van der Waals surface area contributed by atoms with Crippen LogP contribution in [0.2, 0.25) is 0 Å².